The Bertz CT molecular complexity index is 1020. The van der Waals surface area contributed by atoms with Crippen molar-refractivity contribution in [2.75, 3.05) is 5.32 Å². The van der Waals surface area contributed by atoms with Crippen molar-refractivity contribution < 1.29 is 0 Å². The van der Waals surface area contributed by atoms with Gasteiger partial charge in [0.2, 0.25) is 5.95 Å². The number of nitrogens with one attached hydrogen (secondary N) is 1. The molecule has 0 amide bonds. The largest absolute Gasteiger partial charge is 0.370 e. The minimum Gasteiger partial charge on any atom is -0.370 e. The summed E-state index contributed by atoms with van der Waals surface area (Å²) in [5.41, 5.74) is 10.3. The van der Waals surface area contributed by atoms with Crippen LogP contribution in [0.3, 0.4) is 0 Å². The van der Waals surface area contributed by atoms with Gasteiger partial charge in [-0.25, -0.2) is 9.98 Å². The Morgan fingerprint density at radius 3 is 3.00 bits per heavy atom. The predicted octanol–water partition coefficient (Wildman–Crippen LogP) is 3.49. The molecule has 2 atom stereocenters. The van der Waals surface area contributed by atoms with Gasteiger partial charge in [-0.2, -0.15) is 0 Å². The molecule has 3 N–H and O–H groups in total. The first kappa shape index (κ1) is 15.4. The summed E-state index contributed by atoms with van der Waals surface area (Å²) in [6, 6.07) is 12.4. The van der Waals surface area contributed by atoms with Gasteiger partial charge in [-0.1, -0.05) is 18.2 Å². The lowest BCUT2D eigenvalue weighted by Crippen LogP contribution is -2.44. The Morgan fingerprint density at radius 2 is 2.12 bits per heavy atom. The number of aliphatic imine (C=N–C) groups is 1. The summed E-state index contributed by atoms with van der Waals surface area (Å²) >= 11 is 0. The number of anilines is 1. The summed E-state index contributed by atoms with van der Waals surface area (Å²) < 4.78 is 2.25. The van der Waals surface area contributed by atoms with E-state index in [1.54, 1.807) is 0 Å². The maximum absolute atomic E-state index is 6.16. The molecule has 0 bridgehead atoms. The highest BCUT2D eigenvalue weighted by atomic mass is 15.4. The zero-order chi connectivity index (χ0) is 17.7. The van der Waals surface area contributed by atoms with E-state index in [1.165, 1.54) is 11.3 Å². The van der Waals surface area contributed by atoms with Crippen LogP contribution in [0.5, 0.6) is 0 Å². The zero-order valence-electron chi connectivity index (χ0n) is 14.8. The van der Waals surface area contributed by atoms with Crippen LogP contribution in [0, 0.1) is 6.92 Å². The molecule has 1 saturated carbocycles. The van der Waals surface area contributed by atoms with Crippen LogP contribution in [0.25, 0.3) is 11.0 Å². The van der Waals surface area contributed by atoms with Crippen LogP contribution < -0.4 is 11.1 Å². The van der Waals surface area contributed by atoms with Gasteiger partial charge in [-0.3, -0.25) is 14.9 Å². The molecule has 1 aliphatic carbocycles. The molecule has 1 aliphatic heterocycles. The van der Waals surface area contributed by atoms with Gasteiger partial charge in [0.25, 0.3) is 0 Å². The minimum atomic E-state index is -0.395. The number of nitrogens with zero attached hydrogens (tertiary/aromatic N) is 4. The predicted molar refractivity (Wildman–Crippen MR) is 103 cm³/mol. The van der Waals surface area contributed by atoms with Crippen molar-refractivity contribution >= 4 is 22.9 Å². The van der Waals surface area contributed by atoms with Crippen LogP contribution in [0.4, 0.5) is 5.95 Å². The Labute approximate surface area is 152 Å². The lowest BCUT2D eigenvalue weighted by Gasteiger charge is -2.42. The van der Waals surface area contributed by atoms with Crippen molar-refractivity contribution in [1.29, 1.82) is 0 Å². The maximum atomic E-state index is 6.16. The van der Waals surface area contributed by atoms with E-state index in [4.69, 9.17) is 15.7 Å². The molecule has 3 aromatic rings. The summed E-state index contributed by atoms with van der Waals surface area (Å²) in [6.07, 6.45) is 5.96. The normalized spacial score (nSPS) is 25.0. The van der Waals surface area contributed by atoms with E-state index in [0.717, 1.165) is 42.7 Å². The number of benzene rings is 1. The van der Waals surface area contributed by atoms with Gasteiger partial charge in [0, 0.05) is 17.8 Å². The Kier molecular flexibility index (Phi) is 3.29. The van der Waals surface area contributed by atoms with E-state index < -0.39 is 5.66 Å². The summed E-state index contributed by atoms with van der Waals surface area (Å²) in [6.45, 7) is 2.14. The van der Waals surface area contributed by atoms with Crippen molar-refractivity contribution in [3.8, 4) is 0 Å². The smallest absolute Gasteiger partial charge is 0.212 e. The number of para-hydroxylation sites is 2. The van der Waals surface area contributed by atoms with Crippen LogP contribution in [0.2, 0.25) is 0 Å². The number of rotatable bonds is 1. The van der Waals surface area contributed by atoms with Gasteiger partial charge in [-0.15, -0.1) is 0 Å². The molecule has 132 valence electrons. The number of aromatic nitrogens is 3. The Balaban J connectivity index is 1.66. The van der Waals surface area contributed by atoms with Crippen LogP contribution >= 0.6 is 0 Å². The van der Waals surface area contributed by atoms with Crippen molar-refractivity contribution in [3.05, 3.63) is 53.9 Å². The number of nitrogens with two attached hydrogens (primary N) is 1. The van der Waals surface area contributed by atoms with E-state index in [2.05, 4.69) is 40.0 Å². The molecule has 6 heteroatoms. The van der Waals surface area contributed by atoms with E-state index in [-0.39, 0.29) is 0 Å². The summed E-state index contributed by atoms with van der Waals surface area (Å²) in [5.74, 6) is 1.61. The standard InChI is InChI=1S/C20H22N6/c1-13-6-5-11-22-17(13)14-7-4-10-20(12-14)25-18(21)24-19-23-15-8-2-3-9-16(15)26(19)20/h2-3,5-6,8-9,11,14H,4,7,10,12H2,1H3,(H3,21,23,24,25)/t14-,20+/m1/s1. The third-order valence-electron chi connectivity index (χ3n) is 5.69. The zero-order valence-corrected chi connectivity index (χ0v) is 14.8. The molecule has 0 unspecified atom stereocenters. The van der Waals surface area contributed by atoms with Gasteiger partial charge in [0.15, 0.2) is 5.96 Å². The number of fused-ring (bicyclic) bond motifs is 4. The second kappa shape index (κ2) is 5.56. The molecule has 1 aromatic carbocycles. The Morgan fingerprint density at radius 1 is 1.23 bits per heavy atom. The van der Waals surface area contributed by atoms with Crippen molar-refractivity contribution in [1.82, 2.24) is 14.5 Å². The van der Waals surface area contributed by atoms with Gasteiger partial charge < -0.3 is 5.73 Å². The van der Waals surface area contributed by atoms with Crippen LogP contribution in [0.15, 0.2) is 47.6 Å². The molecular formula is C20H22N6. The van der Waals surface area contributed by atoms with E-state index >= 15 is 0 Å². The molecule has 6 nitrogen and oxygen atoms in total. The fraction of sp³-hybridized carbons (Fsp3) is 0.350. The molecule has 2 aliphatic rings. The number of aryl methyl sites for hydroxylation is 1. The average Bonchev–Trinajstić information content (AvgIpc) is 3.01. The number of imidazole rings is 1. The average molecular weight is 346 g/mol. The van der Waals surface area contributed by atoms with Crippen LogP contribution in [-0.2, 0) is 5.66 Å². The van der Waals surface area contributed by atoms with Gasteiger partial charge in [0.1, 0.15) is 5.66 Å². The second-order valence-corrected chi connectivity index (χ2v) is 7.36. The number of guanidine groups is 1. The van der Waals surface area contributed by atoms with E-state index in [0.29, 0.717) is 11.9 Å². The number of pyridine rings is 1. The van der Waals surface area contributed by atoms with Crippen LogP contribution in [-0.4, -0.2) is 20.5 Å². The molecule has 3 heterocycles. The molecular weight excluding hydrogens is 324 g/mol. The lowest BCUT2D eigenvalue weighted by atomic mass is 9.78. The first-order valence-corrected chi connectivity index (χ1v) is 9.18. The highest BCUT2D eigenvalue weighted by Gasteiger charge is 2.43. The third-order valence-corrected chi connectivity index (χ3v) is 5.69. The molecule has 0 saturated heterocycles. The summed E-state index contributed by atoms with van der Waals surface area (Å²) in [7, 11) is 0. The second-order valence-electron chi connectivity index (χ2n) is 7.36. The maximum Gasteiger partial charge on any atom is 0.212 e. The number of hydrogen-bond donors (Lipinski definition) is 2. The highest BCUT2D eigenvalue weighted by molar-refractivity contribution is 5.94. The summed E-state index contributed by atoms with van der Waals surface area (Å²) in [4.78, 5) is 14.3. The van der Waals surface area contributed by atoms with E-state index in [1.807, 2.05) is 24.4 Å². The SMILES string of the molecule is Cc1cccnc1[C@@H]1CCC[C@]2(C1)N=C(N)Nc1nc3ccccc3n12. The first-order valence-electron chi connectivity index (χ1n) is 9.18. The third kappa shape index (κ3) is 2.21. The van der Waals surface area contributed by atoms with Crippen molar-refractivity contribution in [2.45, 2.75) is 44.2 Å². The lowest BCUT2D eigenvalue weighted by molar-refractivity contribution is 0.188. The van der Waals surface area contributed by atoms with Gasteiger partial charge in [0.05, 0.1) is 11.0 Å². The van der Waals surface area contributed by atoms with Gasteiger partial charge >= 0.3 is 0 Å². The topological polar surface area (TPSA) is 81.1 Å². The molecule has 26 heavy (non-hydrogen) atoms. The van der Waals surface area contributed by atoms with Gasteiger partial charge in [-0.05, 0) is 56.4 Å². The highest BCUT2D eigenvalue weighted by Crippen LogP contribution is 2.47. The van der Waals surface area contributed by atoms with Crippen LogP contribution in [0.1, 0.15) is 42.9 Å². The summed E-state index contributed by atoms with van der Waals surface area (Å²) in [5, 5.41) is 3.15. The monoisotopic (exact) mass is 346 g/mol. The van der Waals surface area contributed by atoms with Crippen molar-refractivity contribution in [3.63, 3.8) is 0 Å². The molecule has 5 rings (SSSR count). The molecule has 1 fully saturated rings. The quantitative estimate of drug-likeness (QED) is 0.707. The fourth-order valence-corrected chi connectivity index (χ4v) is 4.64. The molecule has 0 radical (unpaired) electrons. The first-order chi connectivity index (χ1) is 12.7. The van der Waals surface area contributed by atoms with E-state index in [9.17, 15) is 0 Å². The minimum absolute atomic E-state index is 0.369. The van der Waals surface area contributed by atoms with Crippen molar-refractivity contribution in [2.24, 2.45) is 10.7 Å². The molecule has 1 spiro atoms. The number of hydrogen-bond acceptors (Lipinski definition) is 5. The fourth-order valence-electron chi connectivity index (χ4n) is 4.64. The Hall–Kier alpha value is -2.89. The molecule has 2 aromatic heterocycles.